The van der Waals surface area contributed by atoms with Gasteiger partial charge in [0.1, 0.15) is 5.82 Å². The lowest BCUT2D eigenvalue weighted by Crippen LogP contribution is -2.38. The predicted molar refractivity (Wildman–Crippen MR) is 92.4 cm³/mol. The van der Waals surface area contributed by atoms with Crippen LogP contribution in [0.2, 0.25) is 0 Å². The van der Waals surface area contributed by atoms with E-state index in [9.17, 15) is 9.59 Å². The minimum Gasteiger partial charge on any atom is -0.466 e. The van der Waals surface area contributed by atoms with E-state index in [4.69, 9.17) is 4.74 Å². The Balaban J connectivity index is 0.00000208. The maximum atomic E-state index is 11.8. The molecule has 0 saturated carbocycles. The van der Waals surface area contributed by atoms with Crippen LogP contribution in [0.15, 0.2) is 12.3 Å². The minimum atomic E-state index is -0.107. The lowest BCUT2D eigenvalue weighted by molar-refractivity contribution is -0.148. The van der Waals surface area contributed by atoms with Gasteiger partial charge in [-0.2, -0.15) is 4.98 Å². The quantitative estimate of drug-likeness (QED) is 0.767. The third-order valence-corrected chi connectivity index (χ3v) is 4.38. The highest BCUT2D eigenvalue weighted by Crippen LogP contribution is 2.24. The molecule has 24 heavy (non-hydrogen) atoms. The van der Waals surface area contributed by atoms with E-state index in [1.807, 2.05) is 6.92 Å². The summed E-state index contributed by atoms with van der Waals surface area (Å²) in [6.07, 6.45) is 4.65. The van der Waals surface area contributed by atoms with E-state index < -0.39 is 0 Å². The average molecular weight is 355 g/mol. The van der Waals surface area contributed by atoms with Crippen LogP contribution in [-0.2, 0) is 14.3 Å². The van der Waals surface area contributed by atoms with Crippen molar-refractivity contribution in [1.29, 1.82) is 0 Å². The second-order valence-corrected chi connectivity index (χ2v) is 5.88. The molecule has 1 aromatic heterocycles. The lowest BCUT2D eigenvalue weighted by Gasteiger charge is -2.31. The predicted octanol–water partition coefficient (Wildman–Crippen LogP) is 1.80. The van der Waals surface area contributed by atoms with Gasteiger partial charge in [0.05, 0.1) is 12.5 Å². The summed E-state index contributed by atoms with van der Waals surface area (Å²) in [5.74, 6) is 1.28. The van der Waals surface area contributed by atoms with Crippen LogP contribution in [0, 0.1) is 5.92 Å². The number of rotatable bonds is 4. The van der Waals surface area contributed by atoms with Gasteiger partial charge in [-0.1, -0.05) is 0 Å². The molecule has 2 fully saturated rings. The highest BCUT2D eigenvalue weighted by atomic mass is 35.5. The van der Waals surface area contributed by atoms with E-state index >= 15 is 0 Å². The highest BCUT2D eigenvalue weighted by Gasteiger charge is 2.28. The summed E-state index contributed by atoms with van der Waals surface area (Å²) >= 11 is 0. The standard InChI is InChI=1S/C16H22N4O3.ClH/c1-2-23-15(22)12-6-10-19(11-7-12)16-17-8-5-13(18-16)20-9-3-4-14(20)21;/h5,8,12H,2-4,6-7,9-11H2,1H3;1H. The molecule has 3 rings (SSSR count). The molecule has 0 N–H and O–H groups in total. The SMILES string of the molecule is CCOC(=O)C1CCN(c2nccc(N3CCCC3=O)n2)CC1.Cl. The molecular formula is C16H23ClN4O3. The molecule has 0 bridgehead atoms. The number of halogens is 1. The summed E-state index contributed by atoms with van der Waals surface area (Å²) < 4.78 is 5.09. The first-order chi connectivity index (χ1) is 11.2. The number of esters is 1. The average Bonchev–Trinajstić information content (AvgIpc) is 3.01. The third kappa shape index (κ3) is 3.95. The number of nitrogens with zero attached hydrogens (tertiary/aromatic N) is 4. The van der Waals surface area contributed by atoms with Gasteiger partial charge in [-0.25, -0.2) is 4.98 Å². The van der Waals surface area contributed by atoms with Crippen molar-refractivity contribution >= 4 is 36.0 Å². The topological polar surface area (TPSA) is 75.6 Å². The van der Waals surface area contributed by atoms with Crippen molar-refractivity contribution in [3.8, 4) is 0 Å². The Morgan fingerprint density at radius 1 is 1.33 bits per heavy atom. The molecular weight excluding hydrogens is 332 g/mol. The molecule has 2 aliphatic heterocycles. The Morgan fingerprint density at radius 3 is 2.71 bits per heavy atom. The summed E-state index contributed by atoms with van der Waals surface area (Å²) in [4.78, 5) is 36.3. The number of carbonyl (C=O) groups is 2. The monoisotopic (exact) mass is 354 g/mol. The van der Waals surface area contributed by atoms with Crippen LogP contribution in [0.4, 0.5) is 11.8 Å². The molecule has 7 nitrogen and oxygen atoms in total. The molecule has 0 aromatic carbocycles. The molecule has 2 aliphatic rings. The van der Waals surface area contributed by atoms with E-state index in [2.05, 4.69) is 14.9 Å². The van der Waals surface area contributed by atoms with Crippen LogP contribution < -0.4 is 9.80 Å². The van der Waals surface area contributed by atoms with Crippen molar-refractivity contribution in [2.75, 3.05) is 36.0 Å². The van der Waals surface area contributed by atoms with Crippen molar-refractivity contribution in [3.05, 3.63) is 12.3 Å². The molecule has 3 heterocycles. The van der Waals surface area contributed by atoms with Crippen LogP contribution >= 0.6 is 12.4 Å². The summed E-state index contributed by atoms with van der Waals surface area (Å²) in [6.45, 7) is 4.42. The molecule has 0 unspecified atom stereocenters. The van der Waals surface area contributed by atoms with Gasteiger partial charge in [0.15, 0.2) is 0 Å². The summed E-state index contributed by atoms with van der Waals surface area (Å²) in [6, 6.07) is 1.78. The Labute approximate surface area is 147 Å². The Morgan fingerprint density at radius 2 is 2.08 bits per heavy atom. The number of carbonyl (C=O) groups excluding carboxylic acids is 2. The first kappa shape index (κ1) is 18.4. The maximum absolute atomic E-state index is 11.8. The second-order valence-electron chi connectivity index (χ2n) is 5.88. The van der Waals surface area contributed by atoms with Gasteiger partial charge in [-0.05, 0) is 32.3 Å². The lowest BCUT2D eigenvalue weighted by atomic mass is 9.97. The molecule has 2 saturated heterocycles. The van der Waals surface area contributed by atoms with E-state index in [0.717, 1.165) is 38.9 Å². The number of ether oxygens (including phenoxy) is 1. The number of piperidine rings is 1. The van der Waals surface area contributed by atoms with Crippen molar-refractivity contribution < 1.29 is 14.3 Å². The zero-order chi connectivity index (χ0) is 16.2. The summed E-state index contributed by atoms with van der Waals surface area (Å²) in [7, 11) is 0. The van der Waals surface area contributed by atoms with Gasteiger partial charge in [0.25, 0.3) is 0 Å². The number of hydrogen-bond donors (Lipinski definition) is 0. The maximum Gasteiger partial charge on any atom is 0.309 e. The van der Waals surface area contributed by atoms with Crippen LogP contribution in [0.1, 0.15) is 32.6 Å². The fourth-order valence-electron chi connectivity index (χ4n) is 3.11. The highest BCUT2D eigenvalue weighted by molar-refractivity contribution is 5.94. The Bertz CT molecular complexity index is 590. The van der Waals surface area contributed by atoms with Crippen LogP contribution in [0.3, 0.4) is 0 Å². The number of aromatic nitrogens is 2. The second kappa shape index (κ2) is 8.28. The molecule has 1 amide bonds. The van der Waals surface area contributed by atoms with Gasteiger partial charge in [-0.15, -0.1) is 12.4 Å². The molecule has 0 spiro atoms. The van der Waals surface area contributed by atoms with Crippen molar-refractivity contribution in [3.63, 3.8) is 0 Å². The van der Waals surface area contributed by atoms with Crippen LogP contribution in [0.5, 0.6) is 0 Å². The largest absolute Gasteiger partial charge is 0.466 e. The number of anilines is 2. The fourth-order valence-corrected chi connectivity index (χ4v) is 3.11. The first-order valence-electron chi connectivity index (χ1n) is 8.24. The normalized spacial score (nSPS) is 18.5. The first-order valence-corrected chi connectivity index (χ1v) is 8.24. The van der Waals surface area contributed by atoms with Gasteiger partial charge in [0.2, 0.25) is 11.9 Å². The molecule has 1 aromatic rings. The van der Waals surface area contributed by atoms with Crippen molar-refractivity contribution in [2.24, 2.45) is 5.92 Å². The zero-order valence-corrected chi connectivity index (χ0v) is 14.6. The van der Waals surface area contributed by atoms with E-state index in [-0.39, 0.29) is 30.2 Å². The molecule has 0 atom stereocenters. The van der Waals surface area contributed by atoms with Crippen LogP contribution in [0.25, 0.3) is 0 Å². The fraction of sp³-hybridized carbons (Fsp3) is 0.625. The van der Waals surface area contributed by atoms with Crippen molar-refractivity contribution in [1.82, 2.24) is 9.97 Å². The van der Waals surface area contributed by atoms with Gasteiger partial charge in [0, 0.05) is 32.3 Å². The molecule has 132 valence electrons. The Hall–Kier alpha value is -1.89. The molecule has 8 heteroatoms. The smallest absolute Gasteiger partial charge is 0.309 e. The Kier molecular flexibility index (Phi) is 6.36. The van der Waals surface area contributed by atoms with E-state index in [1.165, 1.54) is 0 Å². The third-order valence-electron chi connectivity index (χ3n) is 4.38. The summed E-state index contributed by atoms with van der Waals surface area (Å²) in [5, 5.41) is 0. The van der Waals surface area contributed by atoms with Gasteiger partial charge < -0.3 is 9.64 Å². The number of hydrogen-bond acceptors (Lipinski definition) is 6. The van der Waals surface area contributed by atoms with E-state index in [0.29, 0.717) is 24.8 Å². The van der Waals surface area contributed by atoms with E-state index in [1.54, 1.807) is 17.2 Å². The van der Waals surface area contributed by atoms with Crippen molar-refractivity contribution in [2.45, 2.75) is 32.6 Å². The van der Waals surface area contributed by atoms with Crippen LogP contribution in [-0.4, -0.2) is 48.1 Å². The van der Waals surface area contributed by atoms with Gasteiger partial charge in [-0.3, -0.25) is 14.5 Å². The summed E-state index contributed by atoms with van der Waals surface area (Å²) in [5.41, 5.74) is 0. The molecule has 0 radical (unpaired) electrons. The zero-order valence-electron chi connectivity index (χ0n) is 13.8. The molecule has 0 aliphatic carbocycles. The van der Waals surface area contributed by atoms with Gasteiger partial charge >= 0.3 is 5.97 Å². The number of amides is 1. The minimum absolute atomic E-state index is 0.